The Morgan fingerprint density at radius 1 is 1.30 bits per heavy atom. The highest BCUT2D eigenvalue weighted by Crippen LogP contribution is 2.33. The number of sulfone groups is 1. The molecule has 0 aromatic heterocycles. The van der Waals surface area contributed by atoms with Gasteiger partial charge in [0.15, 0.2) is 9.84 Å². The van der Waals surface area contributed by atoms with Gasteiger partial charge in [0.25, 0.3) is 0 Å². The number of hydrogen-bond donors (Lipinski definition) is 2. The van der Waals surface area contributed by atoms with Crippen LogP contribution >= 0.6 is 0 Å². The Labute approximate surface area is 137 Å². The predicted molar refractivity (Wildman–Crippen MR) is 90.1 cm³/mol. The summed E-state index contributed by atoms with van der Waals surface area (Å²) >= 11 is 0. The quantitative estimate of drug-likeness (QED) is 0.885. The minimum absolute atomic E-state index is 0.0535. The highest BCUT2D eigenvalue weighted by Gasteiger charge is 2.38. The van der Waals surface area contributed by atoms with E-state index in [0.717, 1.165) is 12.8 Å². The predicted octanol–water partition coefficient (Wildman–Crippen LogP) is 2.34. The van der Waals surface area contributed by atoms with E-state index in [2.05, 4.69) is 10.6 Å². The van der Waals surface area contributed by atoms with Crippen molar-refractivity contribution in [3.05, 3.63) is 24.3 Å². The van der Waals surface area contributed by atoms with Crippen molar-refractivity contribution in [2.75, 3.05) is 11.1 Å². The van der Waals surface area contributed by atoms with E-state index >= 15 is 0 Å². The summed E-state index contributed by atoms with van der Waals surface area (Å²) in [6, 6.07) is 6.80. The lowest BCUT2D eigenvalue weighted by atomic mass is 9.85. The van der Waals surface area contributed by atoms with Crippen molar-refractivity contribution in [3.8, 4) is 0 Å². The van der Waals surface area contributed by atoms with E-state index in [-0.39, 0.29) is 22.6 Å². The summed E-state index contributed by atoms with van der Waals surface area (Å²) in [6.07, 6.45) is 5.72. The van der Waals surface area contributed by atoms with Gasteiger partial charge >= 0.3 is 0 Å². The lowest BCUT2D eigenvalue weighted by molar-refractivity contribution is -0.117. The second kappa shape index (κ2) is 6.61. The van der Waals surface area contributed by atoms with Crippen molar-refractivity contribution < 1.29 is 13.2 Å². The van der Waals surface area contributed by atoms with Crippen molar-refractivity contribution in [2.45, 2.75) is 56.0 Å². The van der Waals surface area contributed by atoms with E-state index in [1.54, 1.807) is 31.2 Å². The van der Waals surface area contributed by atoms with Crippen molar-refractivity contribution in [3.63, 3.8) is 0 Å². The molecular formula is C17H24N2O3S. The zero-order valence-corrected chi connectivity index (χ0v) is 14.2. The zero-order chi connectivity index (χ0) is 16.4. The van der Waals surface area contributed by atoms with Crippen LogP contribution in [0.3, 0.4) is 0 Å². The van der Waals surface area contributed by atoms with E-state index in [4.69, 9.17) is 0 Å². The molecule has 2 fully saturated rings. The molecule has 1 aliphatic carbocycles. The fourth-order valence-corrected chi connectivity index (χ4v) is 4.61. The van der Waals surface area contributed by atoms with Gasteiger partial charge in [-0.2, -0.15) is 0 Å². The molecule has 1 aromatic rings. The zero-order valence-electron chi connectivity index (χ0n) is 13.4. The van der Waals surface area contributed by atoms with E-state index in [9.17, 15) is 13.2 Å². The summed E-state index contributed by atoms with van der Waals surface area (Å²) in [5.41, 5.74) is 0.543. The van der Waals surface area contributed by atoms with Gasteiger partial charge in [-0.3, -0.25) is 4.79 Å². The van der Waals surface area contributed by atoms with E-state index in [1.165, 1.54) is 19.3 Å². The standard InChI is InChI=1S/C17H24N2O3S/c1-2-23(21,22)14-8-5-7-13(11-14)18-17(20)16-10-12-6-3-4-9-15(12)19-16/h5,7-8,11-12,15-16,19H,2-4,6,9-10H2,1H3,(H,18,20). The van der Waals surface area contributed by atoms with Gasteiger partial charge in [-0.15, -0.1) is 0 Å². The molecule has 3 rings (SSSR count). The SMILES string of the molecule is CCS(=O)(=O)c1cccc(NC(=O)C2CC3CCCCC3N2)c1. The Balaban J connectivity index is 1.68. The number of nitrogens with one attached hydrogen (secondary N) is 2. The molecule has 1 saturated heterocycles. The second-order valence-corrected chi connectivity index (χ2v) is 8.80. The van der Waals surface area contributed by atoms with Gasteiger partial charge in [0.05, 0.1) is 16.7 Å². The van der Waals surface area contributed by atoms with Crippen molar-refractivity contribution in [2.24, 2.45) is 5.92 Å². The van der Waals surface area contributed by atoms with Crippen molar-refractivity contribution in [1.82, 2.24) is 5.32 Å². The molecule has 6 heteroatoms. The smallest absolute Gasteiger partial charge is 0.241 e. The number of rotatable bonds is 4. The van der Waals surface area contributed by atoms with Crippen LogP contribution in [0.5, 0.6) is 0 Å². The van der Waals surface area contributed by atoms with Crippen LogP contribution in [-0.4, -0.2) is 32.2 Å². The maximum Gasteiger partial charge on any atom is 0.241 e. The van der Waals surface area contributed by atoms with Crippen LogP contribution in [-0.2, 0) is 14.6 Å². The molecule has 1 saturated carbocycles. The molecule has 2 N–H and O–H groups in total. The van der Waals surface area contributed by atoms with Crippen LogP contribution in [0.25, 0.3) is 0 Å². The Hall–Kier alpha value is -1.40. The van der Waals surface area contributed by atoms with Crippen LogP contribution in [0.15, 0.2) is 29.2 Å². The highest BCUT2D eigenvalue weighted by atomic mass is 32.2. The third kappa shape index (κ3) is 3.58. The van der Waals surface area contributed by atoms with Crippen LogP contribution < -0.4 is 10.6 Å². The van der Waals surface area contributed by atoms with Crippen LogP contribution in [0.2, 0.25) is 0 Å². The summed E-state index contributed by atoms with van der Waals surface area (Å²) in [6.45, 7) is 1.62. The lowest BCUT2D eigenvalue weighted by Gasteiger charge is -2.24. The first kappa shape index (κ1) is 16.5. The molecule has 126 valence electrons. The third-order valence-electron chi connectivity index (χ3n) is 5.02. The molecule has 5 nitrogen and oxygen atoms in total. The monoisotopic (exact) mass is 336 g/mol. The first-order chi connectivity index (χ1) is 11.0. The number of carbonyl (C=O) groups excluding carboxylic acids is 1. The molecule has 3 unspecified atom stereocenters. The van der Waals surface area contributed by atoms with E-state index in [0.29, 0.717) is 17.6 Å². The van der Waals surface area contributed by atoms with Crippen LogP contribution in [0.1, 0.15) is 39.0 Å². The highest BCUT2D eigenvalue weighted by molar-refractivity contribution is 7.91. The molecule has 1 amide bonds. The van der Waals surface area contributed by atoms with Gasteiger partial charge in [0.2, 0.25) is 5.91 Å². The molecule has 1 heterocycles. The number of carbonyl (C=O) groups is 1. The van der Waals surface area contributed by atoms with Gasteiger partial charge in [-0.1, -0.05) is 25.8 Å². The minimum Gasteiger partial charge on any atom is -0.325 e. The van der Waals surface area contributed by atoms with E-state index in [1.807, 2.05) is 0 Å². The van der Waals surface area contributed by atoms with Gasteiger partial charge in [0.1, 0.15) is 0 Å². The Kier molecular flexibility index (Phi) is 4.73. The fraction of sp³-hybridized carbons (Fsp3) is 0.588. The van der Waals surface area contributed by atoms with Gasteiger partial charge in [-0.25, -0.2) is 8.42 Å². The molecule has 0 bridgehead atoms. The summed E-state index contributed by atoms with van der Waals surface area (Å²) in [5.74, 6) is 0.592. The number of benzene rings is 1. The Morgan fingerprint density at radius 3 is 2.83 bits per heavy atom. The third-order valence-corrected chi connectivity index (χ3v) is 6.75. The largest absolute Gasteiger partial charge is 0.325 e. The van der Waals surface area contributed by atoms with Crippen molar-refractivity contribution >= 4 is 21.4 Å². The number of anilines is 1. The molecule has 0 radical (unpaired) electrons. The van der Waals surface area contributed by atoms with Crippen LogP contribution in [0.4, 0.5) is 5.69 Å². The minimum atomic E-state index is -3.26. The van der Waals surface area contributed by atoms with Gasteiger partial charge in [-0.05, 0) is 43.4 Å². The van der Waals surface area contributed by atoms with Gasteiger partial charge < -0.3 is 10.6 Å². The lowest BCUT2D eigenvalue weighted by Crippen LogP contribution is -2.39. The van der Waals surface area contributed by atoms with Crippen molar-refractivity contribution in [1.29, 1.82) is 0 Å². The molecule has 23 heavy (non-hydrogen) atoms. The first-order valence-electron chi connectivity index (χ1n) is 8.39. The maximum absolute atomic E-state index is 12.5. The summed E-state index contributed by atoms with van der Waals surface area (Å²) in [5, 5.41) is 6.30. The molecule has 3 atom stereocenters. The Bertz CT molecular complexity index is 673. The fourth-order valence-electron chi connectivity index (χ4n) is 3.68. The summed E-state index contributed by atoms with van der Waals surface area (Å²) in [7, 11) is -3.26. The number of amides is 1. The summed E-state index contributed by atoms with van der Waals surface area (Å²) in [4.78, 5) is 12.7. The number of fused-ring (bicyclic) bond motifs is 1. The normalized spacial score (nSPS) is 27.4. The molecular weight excluding hydrogens is 312 g/mol. The average molecular weight is 336 g/mol. The first-order valence-corrected chi connectivity index (χ1v) is 10.0. The topological polar surface area (TPSA) is 75.3 Å². The van der Waals surface area contributed by atoms with Gasteiger partial charge in [0, 0.05) is 11.7 Å². The number of hydrogen-bond acceptors (Lipinski definition) is 4. The van der Waals surface area contributed by atoms with E-state index < -0.39 is 9.84 Å². The average Bonchev–Trinajstić information content (AvgIpc) is 2.99. The molecule has 1 aromatic carbocycles. The van der Waals surface area contributed by atoms with Crippen LogP contribution in [0, 0.1) is 5.92 Å². The molecule has 0 spiro atoms. The Morgan fingerprint density at radius 2 is 2.09 bits per heavy atom. The molecule has 2 aliphatic rings. The second-order valence-electron chi connectivity index (χ2n) is 6.53. The summed E-state index contributed by atoms with van der Waals surface area (Å²) < 4.78 is 23.9. The molecule has 1 aliphatic heterocycles. The maximum atomic E-state index is 12.5.